The maximum Gasteiger partial charge on any atom is 0.251 e. The lowest BCUT2D eigenvalue weighted by atomic mass is 9.99. The zero-order chi connectivity index (χ0) is 14.1. The van der Waals surface area contributed by atoms with E-state index < -0.39 is 0 Å². The molecule has 20 heavy (non-hydrogen) atoms. The van der Waals surface area contributed by atoms with E-state index in [-0.39, 0.29) is 12.0 Å². The lowest BCUT2D eigenvalue weighted by molar-refractivity contribution is -0.147. The van der Waals surface area contributed by atoms with Gasteiger partial charge in [0.1, 0.15) is 11.9 Å². The third-order valence-corrected chi connectivity index (χ3v) is 3.75. The molecule has 1 aliphatic heterocycles. The highest BCUT2D eigenvalue weighted by Gasteiger charge is 2.35. The number of H-pyrrole nitrogens is 1. The molecule has 0 radical (unpaired) electrons. The van der Waals surface area contributed by atoms with Crippen molar-refractivity contribution in [3.05, 3.63) is 30.1 Å². The highest BCUT2D eigenvalue weighted by atomic mass is 16.5. The summed E-state index contributed by atoms with van der Waals surface area (Å²) < 4.78 is 5.33. The number of likely N-dealkylation sites (tertiary alicyclic amines) is 1. The van der Waals surface area contributed by atoms with Gasteiger partial charge in [0.05, 0.1) is 17.0 Å². The second-order valence-corrected chi connectivity index (χ2v) is 5.18. The van der Waals surface area contributed by atoms with Crippen molar-refractivity contribution in [3.8, 4) is 0 Å². The van der Waals surface area contributed by atoms with E-state index in [0.29, 0.717) is 12.5 Å². The predicted octanol–water partition coefficient (Wildman–Crippen LogP) is 1.91. The zero-order valence-electron chi connectivity index (χ0n) is 11.8. The summed E-state index contributed by atoms with van der Waals surface area (Å²) in [4.78, 5) is 21.8. The van der Waals surface area contributed by atoms with Crippen molar-refractivity contribution in [2.75, 3.05) is 19.7 Å². The Kier molecular flexibility index (Phi) is 3.44. The summed E-state index contributed by atoms with van der Waals surface area (Å²) in [6, 6.07) is 7.98. The van der Waals surface area contributed by atoms with E-state index in [4.69, 9.17) is 4.74 Å². The molecule has 5 heteroatoms. The van der Waals surface area contributed by atoms with Crippen LogP contribution >= 0.6 is 0 Å². The number of carbonyl (C=O) groups is 1. The van der Waals surface area contributed by atoms with Crippen molar-refractivity contribution < 1.29 is 9.53 Å². The molecule has 1 aliphatic rings. The summed E-state index contributed by atoms with van der Waals surface area (Å²) in [5.74, 6) is 1.35. The third kappa shape index (κ3) is 2.29. The second kappa shape index (κ2) is 5.25. The molecule has 0 bridgehead atoms. The predicted molar refractivity (Wildman–Crippen MR) is 76.5 cm³/mol. The number of nitrogens with zero attached hydrogens (tertiary/aromatic N) is 2. The number of aromatic amines is 1. The Morgan fingerprint density at radius 2 is 2.25 bits per heavy atom. The van der Waals surface area contributed by atoms with Gasteiger partial charge in [-0.05, 0) is 26.0 Å². The number of hydrogen-bond donors (Lipinski definition) is 1. The average molecular weight is 273 g/mol. The molecular weight excluding hydrogens is 254 g/mol. The van der Waals surface area contributed by atoms with Gasteiger partial charge in [-0.1, -0.05) is 12.1 Å². The molecule has 0 aliphatic carbocycles. The Hall–Kier alpha value is -1.88. The standard InChI is InChI=1S/C15H19N3O2/c1-3-20-10(2)15(19)18-8-11(9-18)14-16-12-6-4-5-7-13(12)17-14/h4-7,10-11H,3,8-9H2,1-2H3,(H,16,17)/t10-/m1/s1. The Morgan fingerprint density at radius 3 is 2.95 bits per heavy atom. The maximum absolute atomic E-state index is 12.0. The van der Waals surface area contributed by atoms with Gasteiger partial charge in [-0.15, -0.1) is 0 Å². The van der Waals surface area contributed by atoms with Gasteiger partial charge in [-0.25, -0.2) is 4.98 Å². The van der Waals surface area contributed by atoms with Gasteiger partial charge >= 0.3 is 0 Å². The lowest BCUT2D eigenvalue weighted by Gasteiger charge is -2.39. The Morgan fingerprint density at radius 1 is 1.50 bits per heavy atom. The van der Waals surface area contributed by atoms with Gasteiger partial charge in [0.2, 0.25) is 0 Å². The number of fused-ring (bicyclic) bond motifs is 1. The average Bonchev–Trinajstić information content (AvgIpc) is 2.80. The minimum Gasteiger partial charge on any atom is -0.369 e. The van der Waals surface area contributed by atoms with E-state index in [2.05, 4.69) is 9.97 Å². The van der Waals surface area contributed by atoms with E-state index in [1.165, 1.54) is 0 Å². The molecule has 0 unspecified atom stereocenters. The number of nitrogens with one attached hydrogen (secondary N) is 1. The molecular formula is C15H19N3O2. The van der Waals surface area contributed by atoms with Crippen LogP contribution in [0.5, 0.6) is 0 Å². The number of imidazole rings is 1. The number of rotatable bonds is 4. The van der Waals surface area contributed by atoms with E-state index in [1.54, 1.807) is 6.92 Å². The quantitative estimate of drug-likeness (QED) is 0.925. The monoisotopic (exact) mass is 273 g/mol. The summed E-state index contributed by atoms with van der Waals surface area (Å²) in [6.07, 6.45) is -0.350. The van der Waals surface area contributed by atoms with Gasteiger partial charge in [0.15, 0.2) is 0 Å². The normalized spacial score (nSPS) is 17.2. The van der Waals surface area contributed by atoms with E-state index >= 15 is 0 Å². The highest BCUT2D eigenvalue weighted by molar-refractivity contribution is 5.81. The third-order valence-electron chi connectivity index (χ3n) is 3.75. The molecule has 1 amide bonds. The molecule has 0 spiro atoms. The first-order chi connectivity index (χ1) is 9.69. The first-order valence-electron chi connectivity index (χ1n) is 7.04. The zero-order valence-corrected chi connectivity index (χ0v) is 11.8. The molecule has 0 saturated carbocycles. The minimum atomic E-state index is -0.350. The fourth-order valence-electron chi connectivity index (χ4n) is 2.58. The second-order valence-electron chi connectivity index (χ2n) is 5.18. The lowest BCUT2D eigenvalue weighted by Crippen LogP contribution is -2.52. The molecule has 1 aromatic carbocycles. The SMILES string of the molecule is CCO[C@H](C)C(=O)N1CC(c2nc3ccccc3[nH]2)C1. The largest absolute Gasteiger partial charge is 0.369 e. The summed E-state index contributed by atoms with van der Waals surface area (Å²) in [7, 11) is 0. The first-order valence-corrected chi connectivity index (χ1v) is 7.04. The van der Waals surface area contributed by atoms with Crippen molar-refractivity contribution in [2.45, 2.75) is 25.9 Å². The van der Waals surface area contributed by atoms with Gasteiger partial charge < -0.3 is 14.6 Å². The van der Waals surface area contributed by atoms with Crippen molar-refractivity contribution in [3.63, 3.8) is 0 Å². The molecule has 2 heterocycles. The fourth-order valence-corrected chi connectivity index (χ4v) is 2.58. The highest BCUT2D eigenvalue weighted by Crippen LogP contribution is 2.27. The minimum absolute atomic E-state index is 0.0687. The Balaban J connectivity index is 1.64. The van der Waals surface area contributed by atoms with Crippen LogP contribution in [0.25, 0.3) is 11.0 Å². The first kappa shape index (κ1) is 13.1. The van der Waals surface area contributed by atoms with Crippen LogP contribution in [0.1, 0.15) is 25.6 Å². The van der Waals surface area contributed by atoms with Gasteiger partial charge in [0.25, 0.3) is 5.91 Å². The summed E-state index contributed by atoms with van der Waals surface area (Å²) in [5, 5.41) is 0. The van der Waals surface area contributed by atoms with Crippen molar-refractivity contribution in [1.82, 2.24) is 14.9 Å². The van der Waals surface area contributed by atoms with Crippen LogP contribution in [0.2, 0.25) is 0 Å². The Bertz CT molecular complexity index is 583. The number of benzene rings is 1. The van der Waals surface area contributed by atoms with E-state index in [1.807, 2.05) is 36.1 Å². The van der Waals surface area contributed by atoms with E-state index in [0.717, 1.165) is 29.9 Å². The van der Waals surface area contributed by atoms with E-state index in [9.17, 15) is 4.79 Å². The van der Waals surface area contributed by atoms with Crippen molar-refractivity contribution >= 4 is 16.9 Å². The van der Waals surface area contributed by atoms with Crippen molar-refractivity contribution in [2.24, 2.45) is 0 Å². The van der Waals surface area contributed by atoms with Crippen LogP contribution in [0, 0.1) is 0 Å². The summed E-state index contributed by atoms with van der Waals surface area (Å²) >= 11 is 0. The van der Waals surface area contributed by atoms with Crippen LogP contribution in [0.3, 0.4) is 0 Å². The maximum atomic E-state index is 12.0. The molecule has 1 saturated heterocycles. The molecule has 3 rings (SSSR count). The molecule has 1 atom stereocenters. The number of hydrogen-bond acceptors (Lipinski definition) is 3. The van der Waals surface area contributed by atoms with Crippen LogP contribution in [-0.2, 0) is 9.53 Å². The smallest absolute Gasteiger partial charge is 0.251 e. The number of amides is 1. The number of para-hydroxylation sites is 2. The van der Waals surface area contributed by atoms with Crippen LogP contribution in [0.4, 0.5) is 0 Å². The molecule has 106 valence electrons. The number of aromatic nitrogens is 2. The topological polar surface area (TPSA) is 58.2 Å². The van der Waals surface area contributed by atoms with Crippen LogP contribution in [-0.4, -0.2) is 46.6 Å². The molecule has 1 fully saturated rings. The number of carbonyl (C=O) groups excluding carboxylic acids is 1. The van der Waals surface area contributed by atoms with Gasteiger partial charge in [-0.3, -0.25) is 4.79 Å². The molecule has 2 aromatic rings. The van der Waals surface area contributed by atoms with Gasteiger partial charge in [-0.2, -0.15) is 0 Å². The number of ether oxygens (including phenoxy) is 1. The molecule has 5 nitrogen and oxygen atoms in total. The molecule has 1 aromatic heterocycles. The van der Waals surface area contributed by atoms with Crippen LogP contribution in [0.15, 0.2) is 24.3 Å². The Labute approximate surface area is 117 Å². The van der Waals surface area contributed by atoms with Gasteiger partial charge in [0, 0.05) is 19.7 Å². The van der Waals surface area contributed by atoms with Crippen LogP contribution < -0.4 is 0 Å². The van der Waals surface area contributed by atoms with Crippen molar-refractivity contribution in [1.29, 1.82) is 0 Å². The molecule has 1 N–H and O–H groups in total. The summed E-state index contributed by atoms with van der Waals surface area (Å²) in [6.45, 7) is 5.71. The fraction of sp³-hybridized carbons (Fsp3) is 0.467. The summed E-state index contributed by atoms with van der Waals surface area (Å²) in [5.41, 5.74) is 2.03.